The van der Waals surface area contributed by atoms with Gasteiger partial charge in [-0.1, -0.05) is 11.2 Å². The van der Waals surface area contributed by atoms with Gasteiger partial charge in [0.2, 0.25) is 12.7 Å². The van der Waals surface area contributed by atoms with Crippen molar-refractivity contribution in [2.24, 2.45) is 0 Å². The van der Waals surface area contributed by atoms with Crippen LogP contribution in [-0.4, -0.2) is 22.8 Å². The van der Waals surface area contributed by atoms with Gasteiger partial charge in [-0.05, 0) is 37.3 Å². The van der Waals surface area contributed by atoms with Crippen molar-refractivity contribution in [2.45, 2.75) is 13.3 Å². The van der Waals surface area contributed by atoms with E-state index in [4.69, 9.17) is 14.0 Å². The number of anilines is 1. The molecule has 0 fully saturated rings. The Kier molecular flexibility index (Phi) is 3.81. The van der Waals surface area contributed by atoms with Gasteiger partial charge in [-0.15, -0.1) is 0 Å². The molecule has 7 heteroatoms. The Morgan fingerprint density at radius 3 is 2.92 bits per heavy atom. The van der Waals surface area contributed by atoms with Gasteiger partial charge in [0.05, 0.1) is 12.1 Å². The topological polar surface area (TPSA) is 86.5 Å². The monoisotopic (exact) mass is 337 g/mol. The molecule has 1 aliphatic rings. The first-order chi connectivity index (χ1) is 12.2. The van der Waals surface area contributed by atoms with Crippen molar-refractivity contribution in [3.05, 3.63) is 53.9 Å². The third-order valence-electron chi connectivity index (χ3n) is 3.71. The van der Waals surface area contributed by atoms with Crippen molar-refractivity contribution in [2.75, 3.05) is 12.1 Å². The van der Waals surface area contributed by atoms with E-state index in [9.17, 15) is 4.79 Å². The molecule has 1 amide bonds. The van der Waals surface area contributed by atoms with Gasteiger partial charge in [-0.25, -0.2) is 4.98 Å². The third kappa shape index (κ3) is 3.30. The van der Waals surface area contributed by atoms with Crippen molar-refractivity contribution in [3.63, 3.8) is 0 Å². The second kappa shape index (κ2) is 6.27. The van der Waals surface area contributed by atoms with E-state index in [1.165, 1.54) is 0 Å². The van der Waals surface area contributed by atoms with Gasteiger partial charge in [-0.3, -0.25) is 4.79 Å². The Hall–Kier alpha value is -3.35. The van der Waals surface area contributed by atoms with Crippen molar-refractivity contribution in [1.29, 1.82) is 0 Å². The molecule has 7 nitrogen and oxygen atoms in total. The fourth-order valence-electron chi connectivity index (χ4n) is 2.55. The largest absolute Gasteiger partial charge is 0.454 e. The van der Waals surface area contributed by atoms with Crippen LogP contribution < -0.4 is 14.8 Å². The smallest absolute Gasteiger partial charge is 0.231 e. The van der Waals surface area contributed by atoms with E-state index < -0.39 is 0 Å². The van der Waals surface area contributed by atoms with Gasteiger partial charge in [0.1, 0.15) is 5.82 Å². The van der Waals surface area contributed by atoms with Gasteiger partial charge in [0, 0.05) is 17.3 Å². The summed E-state index contributed by atoms with van der Waals surface area (Å²) in [7, 11) is 0. The lowest BCUT2D eigenvalue weighted by Gasteiger charge is -2.03. The summed E-state index contributed by atoms with van der Waals surface area (Å²) in [6.45, 7) is 2.08. The number of pyridine rings is 1. The average Bonchev–Trinajstić information content (AvgIpc) is 3.23. The molecule has 0 unspecified atom stereocenters. The lowest BCUT2D eigenvalue weighted by atomic mass is 10.1. The fourth-order valence-corrected chi connectivity index (χ4v) is 2.55. The van der Waals surface area contributed by atoms with E-state index in [2.05, 4.69) is 15.5 Å². The molecule has 126 valence electrons. The molecule has 0 saturated heterocycles. The van der Waals surface area contributed by atoms with Crippen LogP contribution in [0.1, 0.15) is 11.4 Å². The summed E-state index contributed by atoms with van der Waals surface area (Å²) in [5, 5.41) is 6.70. The van der Waals surface area contributed by atoms with Crippen LogP contribution in [0.15, 0.2) is 47.0 Å². The number of rotatable bonds is 4. The quantitative estimate of drug-likeness (QED) is 0.788. The summed E-state index contributed by atoms with van der Waals surface area (Å²) in [4.78, 5) is 16.4. The second-order valence-electron chi connectivity index (χ2n) is 5.64. The number of nitrogens with zero attached hydrogens (tertiary/aromatic N) is 2. The predicted molar refractivity (Wildman–Crippen MR) is 89.4 cm³/mol. The molecule has 0 atom stereocenters. The molecule has 0 bridgehead atoms. The van der Waals surface area contributed by atoms with Gasteiger partial charge >= 0.3 is 0 Å². The van der Waals surface area contributed by atoms with Gasteiger partial charge in [0.25, 0.3) is 0 Å². The van der Waals surface area contributed by atoms with Crippen LogP contribution in [0.3, 0.4) is 0 Å². The van der Waals surface area contributed by atoms with Gasteiger partial charge in [0.15, 0.2) is 17.3 Å². The Bertz CT molecular complexity index is 936. The van der Waals surface area contributed by atoms with E-state index >= 15 is 0 Å². The maximum absolute atomic E-state index is 12.1. The first-order valence-corrected chi connectivity index (χ1v) is 7.76. The van der Waals surface area contributed by atoms with E-state index in [0.29, 0.717) is 28.8 Å². The molecule has 25 heavy (non-hydrogen) atoms. The molecule has 1 N–H and O–H groups in total. The molecule has 3 aromatic rings. The molecule has 4 rings (SSSR count). The highest BCUT2D eigenvalue weighted by atomic mass is 16.7. The minimum Gasteiger partial charge on any atom is -0.454 e. The summed E-state index contributed by atoms with van der Waals surface area (Å²) in [5.41, 5.74) is 2.19. The number of amides is 1. The maximum atomic E-state index is 12.1. The fraction of sp³-hybridized carbons (Fsp3) is 0.167. The summed E-state index contributed by atoms with van der Waals surface area (Å²) in [6.07, 6.45) is 0.101. The van der Waals surface area contributed by atoms with Crippen molar-refractivity contribution >= 4 is 11.7 Å². The Labute approximate surface area is 143 Å². The van der Waals surface area contributed by atoms with Crippen LogP contribution in [-0.2, 0) is 11.2 Å². The number of nitrogens with one attached hydrogen (secondary N) is 1. The van der Waals surface area contributed by atoms with Gasteiger partial charge in [-0.2, -0.15) is 0 Å². The number of hydrogen-bond donors (Lipinski definition) is 1. The number of carbonyl (C=O) groups excluding carboxylic acids is 1. The average molecular weight is 337 g/mol. The highest BCUT2D eigenvalue weighted by molar-refractivity contribution is 5.91. The second-order valence-corrected chi connectivity index (χ2v) is 5.64. The van der Waals surface area contributed by atoms with Crippen LogP contribution in [0.2, 0.25) is 0 Å². The van der Waals surface area contributed by atoms with Crippen LogP contribution in [0.25, 0.3) is 11.3 Å². The molecule has 3 heterocycles. The molecule has 2 aromatic heterocycles. The number of hydrogen-bond acceptors (Lipinski definition) is 6. The SMILES string of the molecule is Cc1cccc(NC(=O)Cc2cc(-c3ccc4c(c3)OCO4)on2)n1. The van der Waals surface area contributed by atoms with Crippen molar-refractivity contribution in [1.82, 2.24) is 10.1 Å². The molecular formula is C18H15N3O4. The zero-order valence-corrected chi connectivity index (χ0v) is 13.5. The third-order valence-corrected chi connectivity index (χ3v) is 3.71. The summed E-state index contributed by atoms with van der Waals surface area (Å²) >= 11 is 0. The highest BCUT2D eigenvalue weighted by Crippen LogP contribution is 2.36. The summed E-state index contributed by atoms with van der Waals surface area (Å²) in [5.74, 6) is 2.25. The van der Waals surface area contributed by atoms with E-state index in [0.717, 1.165) is 11.3 Å². The van der Waals surface area contributed by atoms with E-state index in [1.54, 1.807) is 12.1 Å². The molecule has 0 aliphatic carbocycles. The number of aromatic nitrogens is 2. The lowest BCUT2D eigenvalue weighted by Crippen LogP contribution is -2.15. The Morgan fingerprint density at radius 1 is 1.16 bits per heavy atom. The molecule has 0 saturated carbocycles. The Morgan fingerprint density at radius 2 is 2.04 bits per heavy atom. The van der Waals surface area contributed by atoms with E-state index in [1.807, 2.05) is 37.3 Å². The molecular weight excluding hydrogens is 322 g/mol. The van der Waals surface area contributed by atoms with Crippen LogP contribution in [0, 0.1) is 6.92 Å². The zero-order chi connectivity index (χ0) is 17.2. The molecule has 1 aromatic carbocycles. The first-order valence-electron chi connectivity index (χ1n) is 7.76. The van der Waals surface area contributed by atoms with Crippen LogP contribution >= 0.6 is 0 Å². The maximum Gasteiger partial charge on any atom is 0.231 e. The number of fused-ring (bicyclic) bond motifs is 1. The van der Waals surface area contributed by atoms with E-state index in [-0.39, 0.29) is 19.1 Å². The predicted octanol–water partition coefficient (Wildman–Crippen LogP) is 2.95. The van der Waals surface area contributed by atoms with Crippen molar-refractivity contribution in [3.8, 4) is 22.8 Å². The van der Waals surface area contributed by atoms with Crippen LogP contribution in [0.5, 0.6) is 11.5 Å². The lowest BCUT2D eigenvalue weighted by molar-refractivity contribution is -0.115. The first kappa shape index (κ1) is 15.2. The van der Waals surface area contributed by atoms with Gasteiger partial charge < -0.3 is 19.3 Å². The summed E-state index contributed by atoms with van der Waals surface area (Å²) < 4.78 is 16.0. The number of ether oxygens (including phenoxy) is 2. The number of carbonyl (C=O) groups is 1. The number of benzene rings is 1. The number of aryl methyl sites for hydroxylation is 1. The standard InChI is InChI=1S/C18H15N3O4/c1-11-3-2-4-17(19-11)20-18(22)9-13-8-15(25-21-13)12-5-6-14-16(7-12)24-10-23-14/h2-8H,9-10H2,1H3,(H,19,20,22). The summed E-state index contributed by atoms with van der Waals surface area (Å²) in [6, 6.07) is 12.7. The van der Waals surface area contributed by atoms with Crippen LogP contribution in [0.4, 0.5) is 5.82 Å². The van der Waals surface area contributed by atoms with Crippen molar-refractivity contribution < 1.29 is 18.8 Å². The minimum absolute atomic E-state index is 0.101. The normalized spacial score (nSPS) is 12.2. The molecule has 1 aliphatic heterocycles. The highest BCUT2D eigenvalue weighted by Gasteiger charge is 2.16. The Balaban J connectivity index is 1.45. The zero-order valence-electron chi connectivity index (χ0n) is 13.5. The molecule has 0 radical (unpaired) electrons. The molecule has 0 spiro atoms. The minimum atomic E-state index is -0.205.